The van der Waals surface area contributed by atoms with E-state index >= 15 is 0 Å². The summed E-state index contributed by atoms with van der Waals surface area (Å²) in [6.45, 7) is 3.23. The first kappa shape index (κ1) is 34.8. The average molecular weight is 683 g/mol. The summed E-state index contributed by atoms with van der Waals surface area (Å²) in [4.78, 5) is 29.9. The van der Waals surface area contributed by atoms with Gasteiger partial charge in [0.1, 0.15) is 18.3 Å². The summed E-state index contributed by atoms with van der Waals surface area (Å²) in [5.41, 5.74) is 1.65. The highest BCUT2D eigenvalue weighted by atomic mass is 35.5. The molecule has 0 bridgehead atoms. The Hall–Kier alpha value is -4.05. The maximum absolute atomic E-state index is 14.6. The number of halogens is 2. The smallest absolute Gasteiger partial charge is 0.264 e. The van der Waals surface area contributed by atoms with Gasteiger partial charge in [-0.3, -0.25) is 13.9 Å². The zero-order valence-corrected chi connectivity index (χ0v) is 28.2. The summed E-state index contributed by atoms with van der Waals surface area (Å²) >= 11 is 12.6. The van der Waals surface area contributed by atoms with Crippen LogP contribution in [0.1, 0.15) is 31.4 Å². The van der Waals surface area contributed by atoms with Crippen molar-refractivity contribution in [2.75, 3.05) is 18.0 Å². The maximum Gasteiger partial charge on any atom is 0.264 e. The van der Waals surface area contributed by atoms with E-state index < -0.39 is 28.5 Å². The van der Waals surface area contributed by atoms with E-state index in [0.29, 0.717) is 17.7 Å². The Morgan fingerprint density at radius 2 is 1.46 bits per heavy atom. The van der Waals surface area contributed by atoms with Crippen LogP contribution in [0.4, 0.5) is 5.69 Å². The lowest BCUT2D eigenvalue weighted by Gasteiger charge is -2.34. The van der Waals surface area contributed by atoms with Gasteiger partial charge in [-0.1, -0.05) is 90.8 Å². The molecule has 11 heteroatoms. The van der Waals surface area contributed by atoms with Gasteiger partial charge < -0.3 is 15.0 Å². The molecule has 2 amide bonds. The molecular weight excluding hydrogens is 645 g/mol. The van der Waals surface area contributed by atoms with Crippen molar-refractivity contribution in [1.82, 2.24) is 10.2 Å². The van der Waals surface area contributed by atoms with Gasteiger partial charge in [-0.05, 0) is 66.9 Å². The summed E-state index contributed by atoms with van der Waals surface area (Å²) in [5.74, 6) is -0.369. The number of hydrogen-bond donors (Lipinski definition) is 1. The first-order valence-corrected chi connectivity index (χ1v) is 17.0. The third-order valence-corrected chi connectivity index (χ3v) is 9.73. The quantitative estimate of drug-likeness (QED) is 0.159. The van der Waals surface area contributed by atoms with Crippen molar-refractivity contribution in [2.24, 2.45) is 0 Å². The van der Waals surface area contributed by atoms with Crippen molar-refractivity contribution in [3.8, 4) is 5.75 Å². The third-order valence-electron chi connectivity index (χ3n) is 7.50. The fourth-order valence-corrected chi connectivity index (χ4v) is 6.83. The lowest BCUT2D eigenvalue weighted by atomic mass is 10.0. The Morgan fingerprint density at radius 3 is 2.07 bits per heavy atom. The molecule has 0 aliphatic rings. The van der Waals surface area contributed by atoms with E-state index in [4.69, 9.17) is 27.9 Å². The van der Waals surface area contributed by atoms with Crippen molar-refractivity contribution in [3.63, 3.8) is 0 Å². The molecule has 0 saturated heterocycles. The van der Waals surface area contributed by atoms with Crippen LogP contribution < -0.4 is 14.4 Å². The number of amides is 2. The van der Waals surface area contributed by atoms with Crippen LogP contribution in [0.2, 0.25) is 10.0 Å². The Labute approximate surface area is 280 Å². The summed E-state index contributed by atoms with van der Waals surface area (Å²) in [6, 6.07) is 27.6. The minimum Gasteiger partial charge on any atom is -0.497 e. The molecule has 2 atom stereocenters. The minimum atomic E-state index is -4.28. The number of benzene rings is 4. The third kappa shape index (κ3) is 9.02. The number of carbonyl (C=O) groups is 2. The highest BCUT2D eigenvalue weighted by molar-refractivity contribution is 7.92. The molecule has 242 valence electrons. The second-order valence-corrected chi connectivity index (χ2v) is 13.6. The summed E-state index contributed by atoms with van der Waals surface area (Å²) < 4.78 is 34.6. The molecule has 4 rings (SSSR count). The average Bonchev–Trinajstić information content (AvgIpc) is 3.05. The largest absolute Gasteiger partial charge is 0.497 e. The lowest BCUT2D eigenvalue weighted by molar-refractivity contribution is -0.140. The van der Waals surface area contributed by atoms with E-state index in [1.54, 1.807) is 43.5 Å². The van der Waals surface area contributed by atoms with Gasteiger partial charge in [-0.2, -0.15) is 0 Å². The number of anilines is 1. The number of carbonyl (C=O) groups excluding carboxylic acids is 2. The molecule has 0 aliphatic carbocycles. The van der Waals surface area contributed by atoms with Crippen molar-refractivity contribution in [2.45, 2.75) is 50.2 Å². The fraction of sp³-hybridized carbons (Fsp3) is 0.257. The number of nitrogens with zero attached hydrogens (tertiary/aromatic N) is 2. The van der Waals surface area contributed by atoms with Gasteiger partial charge in [0.25, 0.3) is 10.0 Å². The predicted octanol–water partition coefficient (Wildman–Crippen LogP) is 6.75. The van der Waals surface area contributed by atoms with Gasteiger partial charge >= 0.3 is 0 Å². The molecule has 0 aromatic heterocycles. The fourth-order valence-electron chi connectivity index (χ4n) is 4.89. The van der Waals surface area contributed by atoms with E-state index in [0.717, 1.165) is 9.87 Å². The second-order valence-electron chi connectivity index (χ2n) is 10.8. The molecule has 46 heavy (non-hydrogen) atoms. The second kappa shape index (κ2) is 16.0. The van der Waals surface area contributed by atoms with E-state index in [2.05, 4.69) is 5.32 Å². The SMILES string of the molecule is CC[C@@H](C)NC(=O)[C@H](Cc1ccccc1)N(Cc1cccc(OC)c1)C(=O)CN(c1cc(Cl)cc(Cl)c1)S(=O)(=O)c1ccccc1. The van der Waals surface area contributed by atoms with Crippen LogP contribution in [-0.4, -0.2) is 50.9 Å². The molecular formula is C35H37Cl2N3O5S. The molecule has 0 saturated carbocycles. The van der Waals surface area contributed by atoms with Crippen LogP contribution in [0.15, 0.2) is 108 Å². The minimum absolute atomic E-state index is 0.0109. The van der Waals surface area contributed by atoms with Crippen molar-refractivity contribution in [1.29, 1.82) is 0 Å². The zero-order valence-electron chi connectivity index (χ0n) is 25.9. The van der Waals surface area contributed by atoms with Crippen molar-refractivity contribution >= 4 is 50.7 Å². The van der Waals surface area contributed by atoms with Crippen LogP contribution >= 0.6 is 23.2 Å². The molecule has 4 aromatic rings. The van der Waals surface area contributed by atoms with Crippen LogP contribution in [0.3, 0.4) is 0 Å². The number of rotatable bonds is 14. The number of hydrogen-bond acceptors (Lipinski definition) is 5. The van der Waals surface area contributed by atoms with Crippen LogP contribution in [0.25, 0.3) is 0 Å². The molecule has 0 aliphatic heterocycles. The molecule has 0 fully saturated rings. The van der Waals surface area contributed by atoms with Gasteiger partial charge in [-0.15, -0.1) is 0 Å². The molecule has 1 N–H and O–H groups in total. The van der Waals surface area contributed by atoms with E-state index in [-0.39, 0.29) is 45.5 Å². The number of ether oxygens (including phenoxy) is 1. The van der Waals surface area contributed by atoms with Crippen LogP contribution in [0, 0.1) is 0 Å². The van der Waals surface area contributed by atoms with Gasteiger partial charge in [0.2, 0.25) is 11.8 Å². The van der Waals surface area contributed by atoms with Gasteiger partial charge in [0, 0.05) is 29.1 Å². The number of nitrogens with one attached hydrogen (secondary N) is 1. The topological polar surface area (TPSA) is 96.0 Å². The standard InChI is InChI=1S/C35H37Cl2N3O5S/c1-4-25(2)38-35(42)33(19-26-12-7-5-8-13-26)39(23-27-14-11-15-31(18-27)45-3)34(41)24-40(30-21-28(36)20-29(37)22-30)46(43,44)32-16-9-6-10-17-32/h5-18,20-22,25,33H,4,19,23-24H2,1-3H3,(H,38,42)/t25-,33+/m1/s1. The van der Waals surface area contributed by atoms with Gasteiger partial charge in [0.15, 0.2) is 0 Å². The molecule has 0 radical (unpaired) electrons. The summed E-state index contributed by atoms with van der Waals surface area (Å²) in [5, 5.41) is 3.43. The summed E-state index contributed by atoms with van der Waals surface area (Å²) in [7, 11) is -2.74. The Kier molecular flexibility index (Phi) is 12.1. The van der Waals surface area contributed by atoms with Gasteiger partial charge in [0.05, 0.1) is 17.7 Å². The molecule has 8 nitrogen and oxygen atoms in total. The Bertz CT molecular complexity index is 1720. The first-order chi connectivity index (χ1) is 22.0. The molecule has 0 heterocycles. The monoisotopic (exact) mass is 681 g/mol. The first-order valence-electron chi connectivity index (χ1n) is 14.8. The normalized spacial score (nSPS) is 12.5. The zero-order chi connectivity index (χ0) is 33.3. The predicted molar refractivity (Wildman–Crippen MR) is 183 cm³/mol. The van der Waals surface area contributed by atoms with Crippen LogP contribution in [0.5, 0.6) is 5.75 Å². The molecule has 0 spiro atoms. The van der Waals surface area contributed by atoms with Crippen molar-refractivity contribution < 1.29 is 22.7 Å². The highest BCUT2D eigenvalue weighted by Crippen LogP contribution is 2.30. The highest BCUT2D eigenvalue weighted by Gasteiger charge is 2.35. The Morgan fingerprint density at radius 1 is 0.848 bits per heavy atom. The lowest BCUT2D eigenvalue weighted by Crippen LogP contribution is -2.54. The summed E-state index contributed by atoms with van der Waals surface area (Å²) in [6.07, 6.45) is 0.888. The van der Waals surface area contributed by atoms with E-state index in [9.17, 15) is 18.0 Å². The van der Waals surface area contributed by atoms with Crippen LogP contribution in [-0.2, 0) is 32.6 Å². The molecule has 0 unspecified atom stereocenters. The number of sulfonamides is 1. The van der Waals surface area contributed by atoms with Gasteiger partial charge in [-0.25, -0.2) is 8.42 Å². The molecule has 4 aromatic carbocycles. The Balaban J connectivity index is 1.83. The van der Waals surface area contributed by atoms with E-state index in [1.807, 2.05) is 50.2 Å². The maximum atomic E-state index is 14.6. The van der Waals surface area contributed by atoms with Crippen molar-refractivity contribution in [3.05, 3.63) is 124 Å². The van der Waals surface area contributed by atoms with E-state index in [1.165, 1.54) is 35.2 Å². The number of methoxy groups -OCH3 is 1.